The van der Waals surface area contributed by atoms with Gasteiger partial charge in [-0.15, -0.1) is 11.3 Å². The molecule has 0 atom stereocenters. The fourth-order valence-electron chi connectivity index (χ4n) is 2.08. The highest BCUT2D eigenvalue weighted by atomic mass is 32.1. The summed E-state index contributed by atoms with van der Waals surface area (Å²) in [5, 5.41) is 9.66. The van der Waals surface area contributed by atoms with E-state index < -0.39 is 0 Å². The van der Waals surface area contributed by atoms with Crippen LogP contribution in [0.25, 0.3) is 0 Å². The largest absolute Gasteiger partial charge is 0.361 e. The van der Waals surface area contributed by atoms with Crippen LogP contribution in [0.2, 0.25) is 0 Å². The Labute approximate surface area is 134 Å². The number of nitrogens with zero attached hydrogens (tertiary/aromatic N) is 3. The van der Waals surface area contributed by atoms with Gasteiger partial charge in [0.1, 0.15) is 10.8 Å². The van der Waals surface area contributed by atoms with Crippen LogP contribution in [0.4, 0.5) is 0 Å². The van der Waals surface area contributed by atoms with E-state index in [0.717, 1.165) is 30.3 Å². The molecule has 2 rings (SSSR count). The Kier molecular flexibility index (Phi) is 6.09. The van der Waals surface area contributed by atoms with E-state index in [9.17, 15) is 4.79 Å². The molecular weight excluding hydrogens is 300 g/mol. The van der Waals surface area contributed by atoms with Crippen molar-refractivity contribution < 1.29 is 9.32 Å². The number of hydrogen-bond donors (Lipinski definition) is 1. The quantitative estimate of drug-likeness (QED) is 0.806. The van der Waals surface area contributed by atoms with Gasteiger partial charge < -0.3 is 9.84 Å². The minimum atomic E-state index is -0.0752. The van der Waals surface area contributed by atoms with E-state index in [1.165, 1.54) is 0 Å². The normalized spacial score (nSPS) is 11.1. The van der Waals surface area contributed by atoms with Gasteiger partial charge in [-0.05, 0) is 20.0 Å². The van der Waals surface area contributed by atoms with Gasteiger partial charge in [-0.1, -0.05) is 19.0 Å². The molecule has 2 aromatic rings. The Morgan fingerprint density at radius 2 is 2.14 bits per heavy atom. The second-order valence-corrected chi connectivity index (χ2v) is 6.02. The standard InChI is InChI=1S/C15H22N4O2S/c1-4-19(5-2)9-13-10-22-15(17-13)8-16-14(20)7-12-6-11(3)21-18-12/h6,10H,4-5,7-9H2,1-3H3,(H,16,20). The first-order valence-corrected chi connectivity index (χ1v) is 8.33. The van der Waals surface area contributed by atoms with Crippen LogP contribution in [-0.4, -0.2) is 34.0 Å². The van der Waals surface area contributed by atoms with Crippen LogP contribution in [0, 0.1) is 6.92 Å². The van der Waals surface area contributed by atoms with Gasteiger partial charge >= 0.3 is 0 Å². The zero-order valence-electron chi connectivity index (χ0n) is 13.3. The highest BCUT2D eigenvalue weighted by molar-refractivity contribution is 7.09. The lowest BCUT2D eigenvalue weighted by atomic mass is 10.3. The molecule has 2 heterocycles. The van der Waals surface area contributed by atoms with E-state index in [-0.39, 0.29) is 12.3 Å². The molecule has 0 saturated carbocycles. The van der Waals surface area contributed by atoms with Gasteiger partial charge in [-0.25, -0.2) is 4.98 Å². The summed E-state index contributed by atoms with van der Waals surface area (Å²) in [5.41, 5.74) is 1.71. The number of hydrogen-bond acceptors (Lipinski definition) is 6. The molecule has 0 aromatic carbocycles. The van der Waals surface area contributed by atoms with Gasteiger partial charge in [0.2, 0.25) is 5.91 Å². The first kappa shape index (κ1) is 16.6. The van der Waals surface area contributed by atoms with Crippen LogP contribution in [0.5, 0.6) is 0 Å². The third-order valence-corrected chi connectivity index (χ3v) is 4.23. The molecule has 1 N–H and O–H groups in total. The molecular formula is C15H22N4O2S. The van der Waals surface area contributed by atoms with Crippen molar-refractivity contribution >= 4 is 17.2 Å². The molecule has 6 nitrogen and oxygen atoms in total. The van der Waals surface area contributed by atoms with E-state index in [0.29, 0.717) is 18.0 Å². The van der Waals surface area contributed by atoms with Crippen molar-refractivity contribution in [2.45, 2.75) is 40.3 Å². The number of thiazole rings is 1. The number of carbonyl (C=O) groups excluding carboxylic acids is 1. The number of rotatable bonds is 8. The summed E-state index contributed by atoms with van der Waals surface area (Å²) in [6, 6.07) is 1.77. The van der Waals surface area contributed by atoms with Gasteiger partial charge in [-0.3, -0.25) is 9.69 Å². The van der Waals surface area contributed by atoms with E-state index in [1.807, 2.05) is 0 Å². The van der Waals surface area contributed by atoms with Gasteiger partial charge in [-0.2, -0.15) is 0 Å². The van der Waals surface area contributed by atoms with Crippen molar-refractivity contribution in [3.63, 3.8) is 0 Å². The van der Waals surface area contributed by atoms with Crippen LogP contribution >= 0.6 is 11.3 Å². The zero-order valence-corrected chi connectivity index (χ0v) is 14.1. The highest BCUT2D eigenvalue weighted by Crippen LogP contribution is 2.12. The van der Waals surface area contributed by atoms with Crippen molar-refractivity contribution in [3.8, 4) is 0 Å². The molecule has 0 fully saturated rings. The second kappa shape index (κ2) is 8.05. The third-order valence-electron chi connectivity index (χ3n) is 3.33. The van der Waals surface area contributed by atoms with Crippen molar-refractivity contribution in [2.24, 2.45) is 0 Å². The lowest BCUT2D eigenvalue weighted by Crippen LogP contribution is -2.25. The highest BCUT2D eigenvalue weighted by Gasteiger charge is 2.10. The predicted octanol–water partition coefficient (Wildman–Crippen LogP) is 2.14. The fourth-order valence-corrected chi connectivity index (χ4v) is 2.81. The summed E-state index contributed by atoms with van der Waals surface area (Å²) in [6.45, 7) is 9.43. The van der Waals surface area contributed by atoms with E-state index in [4.69, 9.17) is 4.52 Å². The van der Waals surface area contributed by atoms with Crippen LogP contribution < -0.4 is 5.32 Å². The van der Waals surface area contributed by atoms with Crippen molar-refractivity contribution in [1.29, 1.82) is 0 Å². The average molecular weight is 322 g/mol. The van der Waals surface area contributed by atoms with Gasteiger partial charge in [0.05, 0.1) is 24.4 Å². The van der Waals surface area contributed by atoms with Gasteiger partial charge in [0, 0.05) is 18.0 Å². The average Bonchev–Trinajstić information content (AvgIpc) is 3.11. The lowest BCUT2D eigenvalue weighted by Gasteiger charge is -2.15. The zero-order chi connectivity index (χ0) is 15.9. The van der Waals surface area contributed by atoms with E-state index >= 15 is 0 Å². The van der Waals surface area contributed by atoms with Crippen LogP contribution in [0.1, 0.15) is 36.0 Å². The van der Waals surface area contributed by atoms with Crippen LogP contribution in [-0.2, 0) is 24.3 Å². The maximum Gasteiger partial charge on any atom is 0.226 e. The Hall–Kier alpha value is -1.73. The number of aromatic nitrogens is 2. The summed E-state index contributed by atoms with van der Waals surface area (Å²) in [7, 11) is 0. The number of aryl methyl sites for hydroxylation is 1. The molecule has 0 saturated heterocycles. The van der Waals surface area contributed by atoms with Crippen LogP contribution in [0.15, 0.2) is 16.0 Å². The summed E-state index contributed by atoms with van der Waals surface area (Å²) in [6.07, 6.45) is 0.231. The summed E-state index contributed by atoms with van der Waals surface area (Å²) < 4.78 is 4.94. The topological polar surface area (TPSA) is 71.3 Å². The molecule has 0 aliphatic rings. The summed E-state index contributed by atoms with van der Waals surface area (Å²) in [5.74, 6) is 0.637. The maximum atomic E-state index is 11.8. The lowest BCUT2D eigenvalue weighted by molar-refractivity contribution is -0.120. The molecule has 1 amide bonds. The molecule has 0 spiro atoms. The molecule has 7 heteroatoms. The molecule has 0 aliphatic carbocycles. The molecule has 0 bridgehead atoms. The maximum absolute atomic E-state index is 11.8. The predicted molar refractivity (Wildman–Crippen MR) is 85.5 cm³/mol. The second-order valence-electron chi connectivity index (χ2n) is 5.08. The Bertz CT molecular complexity index is 604. The van der Waals surface area contributed by atoms with Crippen molar-refractivity contribution in [1.82, 2.24) is 20.4 Å². The van der Waals surface area contributed by atoms with E-state index in [1.54, 1.807) is 24.3 Å². The third kappa shape index (κ3) is 4.92. The Morgan fingerprint density at radius 3 is 2.77 bits per heavy atom. The number of nitrogens with one attached hydrogen (secondary N) is 1. The molecule has 0 aliphatic heterocycles. The monoisotopic (exact) mass is 322 g/mol. The summed E-state index contributed by atoms with van der Waals surface area (Å²) >= 11 is 1.58. The Morgan fingerprint density at radius 1 is 1.36 bits per heavy atom. The number of carbonyl (C=O) groups is 1. The SMILES string of the molecule is CCN(CC)Cc1csc(CNC(=O)Cc2cc(C)on2)n1. The molecule has 22 heavy (non-hydrogen) atoms. The number of amides is 1. The van der Waals surface area contributed by atoms with Crippen LogP contribution in [0.3, 0.4) is 0 Å². The first-order chi connectivity index (χ1) is 10.6. The van der Waals surface area contributed by atoms with E-state index in [2.05, 4.69) is 39.6 Å². The summed E-state index contributed by atoms with van der Waals surface area (Å²) in [4.78, 5) is 18.7. The molecule has 0 radical (unpaired) electrons. The minimum Gasteiger partial charge on any atom is -0.361 e. The van der Waals surface area contributed by atoms with Crippen molar-refractivity contribution in [3.05, 3.63) is 33.6 Å². The van der Waals surface area contributed by atoms with Gasteiger partial charge in [0.15, 0.2) is 0 Å². The molecule has 120 valence electrons. The Balaban J connectivity index is 1.79. The smallest absolute Gasteiger partial charge is 0.226 e. The molecule has 2 aromatic heterocycles. The fraction of sp³-hybridized carbons (Fsp3) is 0.533. The first-order valence-electron chi connectivity index (χ1n) is 7.45. The minimum absolute atomic E-state index is 0.0752. The van der Waals surface area contributed by atoms with Crippen molar-refractivity contribution in [2.75, 3.05) is 13.1 Å². The van der Waals surface area contributed by atoms with Gasteiger partial charge in [0.25, 0.3) is 0 Å². The molecule has 0 unspecified atom stereocenters.